The summed E-state index contributed by atoms with van der Waals surface area (Å²) in [4.78, 5) is 28.0. The molecule has 0 aliphatic heterocycles. The average Bonchev–Trinajstić information content (AvgIpc) is 2.65. The standard InChI is InChI=1S/C20H15F3N2O3/c1-2-25-17-10-8-13(19(27)28)11-16(17)24-15(18(25)26)9-7-12-5-3-4-6-14(12)20(21,22)23/h3-11H,2H2,1H3,(H,27,28)/b9-7+. The van der Waals surface area contributed by atoms with Crippen LogP contribution < -0.4 is 5.56 Å². The lowest BCUT2D eigenvalue weighted by Gasteiger charge is -2.11. The number of benzene rings is 2. The summed E-state index contributed by atoms with van der Waals surface area (Å²) in [5.74, 6) is -1.14. The Morgan fingerprint density at radius 1 is 1.18 bits per heavy atom. The van der Waals surface area contributed by atoms with Gasteiger partial charge in [0.2, 0.25) is 0 Å². The van der Waals surface area contributed by atoms with Crippen LogP contribution in [0.25, 0.3) is 23.2 Å². The minimum Gasteiger partial charge on any atom is -0.478 e. The van der Waals surface area contributed by atoms with Crippen LogP contribution in [0.3, 0.4) is 0 Å². The van der Waals surface area contributed by atoms with E-state index < -0.39 is 23.3 Å². The van der Waals surface area contributed by atoms with Gasteiger partial charge in [0.05, 0.1) is 22.2 Å². The van der Waals surface area contributed by atoms with Gasteiger partial charge >= 0.3 is 12.1 Å². The van der Waals surface area contributed by atoms with Gasteiger partial charge in [-0.1, -0.05) is 24.3 Å². The molecule has 3 rings (SSSR count). The highest BCUT2D eigenvalue weighted by Crippen LogP contribution is 2.32. The summed E-state index contributed by atoms with van der Waals surface area (Å²) >= 11 is 0. The van der Waals surface area contributed by atoms with Crippen LogP contribution in [0.4, 0.5) is 13.2 Å². The van der Waals surface area contributed by atoms with Crippen LogP contribution >= 0.6 is 0 Å². The molecule has 0 aliphatic rings. The lowest BCUT2D eigenvalue weighted by Crippen LogP contribution is -2.23. The van der Waals surface area contributed by atoms with Crippen LogP contribution in [-0.4, -0.2) is 20.6 Å². The SMILES string of the molecule is CCn1c(=O)c(/C=C/c2ccccc2C(F)(F)F)nc2cc(C(=O)O)ccc21. The number of carbonyl (C=O) groups is 1. The number of hydrogen-bond donors (Lipinski definition) is 1. The molecule has 1 aromatic heterocycles. The molecule has 5 nitrogen and oxygen atoms in total. The zero-order chi connectivity index (χ0) is 20.5. The van der Waals surface area contributed by atoms with Crippen molar-refractivity contribution in [3.05, 3.63) is 75.2 Å². The van der Waals surface area contributed by atoms with Crippen molar-refractivity contribution in [2.45, 2.75) is 19.6 Å². The molecule has 0 bridgehead atoms. The van der Waals surface area contributed by atoms with Crippen LogP contribution in [0.1, 0.15) is 34.1 Å². The fourth-order valence-corrected chi connectivity index (χ4v) is 2.89. The molecule has 0 saturated heterocycles. The van der Waals surface area contributed by atoms with E-state index in [2.05, 4.69) is 4.98 Å². The third kappa shape index (κ3) is 3.66. The number of hydrogen-bond acceptors (Lipinski definition) is 3. The largest absolute Gasteiger partial charge is 0.478 e. The average molecular weight is 388 g/mol. The van der Waals surface area contributed by atoms with Gasteiger partial charge in [-0.25, -0.2) is 9.78 Å². The number of carboxylic acid groups (broad SMARTS) is 1. The fourth-order valence-electron chi connectivity index (χ4n) is 2.89. The van der Waals surface area contributed by atoms with E-state index in [0.29, 0.717) is 12.1 Å². The highest BCUT2D eigenvalue weighted by Gasteiger charge is 2.32. The summed E-state index contributed by atoms with van der Waals surface area (Å²) in [7, 11) is 0. The van der Waals surface area contributed by atoms with Crippen molar-refractivity contribution in [3.8, 4) is 0 Å². The summed E-state index contributed by atoms with van der Waals surface area (Å²) in [5.41, 5.74) is -0.753. The van der Waals surface area contributed by atoms with Crippen LogP contribution in [0, 0.1) is 0 Å². The second kappa shape index (κ2) is 7.30. The smallest absolute Gasteiger partial charge is 0.416 e. The van der Waals surface area contributed by atoms with E-state index in [1.165, 1.54) is 53.1 Å². The molecular formula is C20H15F3N2O3. The highest BCUT2D eigenvalue weighted by molar-refractivity contribution is 5.92. The van der Waals surface area contributed by atoms with Crippen molar-refractivity contribution in [3.63, 3.8) is 0 Å². The molecule has 0 saturated carbocycles. The lowest BCUT2D eigenvalue weighted by molar-refractivity contribution is -0.137. The first kappa shape index (κ1) is 19.3. The van der Waals surface area contributed by atoms with E-state index in [0.717, 1.165) is 6.07 Å². The van der Waals surface area contributed by atoms with E-state index in [4.69, 9.17) is 5.11 Å². The van der Waals surface area contributed by atoms with Crippen LogP contribution in [0.15, 0.2) is 47.3 Å². The van der Waals surface area contributed by atoms with Crippen LogP contribution in [0.5, 0.6) is 0 Å². The number of carboxylic acids is 1. The number of rotatable bonds is 4. The summed E-state index contributed by atoms with van der Waals surface area (Å²) in [6.07, 6.45) is -2.14. The maximum atomic E-state index is 13.1. The summed E-state index contributed by atoms with van der Waals surface area (Å²) in [6.45, 7) is 2.03. The third-order valence-corrected chi connectivity index (χ3v) is 4.22. The van der Waals surface area contributed by atoms with Gasteiger partial charge < -0.3 is 9.67 Å². The Morgan fingerprint density at radius 2 is 1.89 bits per heavy atom. The Labute approximate surface area is 157 Å². The molecule has 8 heteroatoms. The molecule has 0 spiro atoms. The molecule has 0 atom stereocenters. The Kier molecular flexibility index (Phi) is 5.04. The van der Waals surface area contributed by atoms with Gasteiger partial charge in [0.15, 0.2) is 0 Å². The number of fused-ring (bicyclic) bond motifs is 1. The minimum absolute atomic E-state index is 0.00125. The van der Waals surface area contributed by atoms with Gasteiger partial charge in [-0.05, 0) is 42.8 Å². The van der Waals surface area contributed by atoms with E-state index in [-0.39, 0.29) is 22.3 Å². The summed E-state index contributed by atoms with van der Waals surface area (Å²) < 4.78 is 40.8. The first-order chi connectivity index (χ1) is 13.2. The third-order valence-electron chi connectivity index (χ3n) is 4.22. The maximum absolute atomic E-state index is 13.1. The lowest BCUT2D eigenvalue weighted by atomic mass is 10.1. The number of nitrogens with zero attached hydrogens (tertiary/aromatic N) is 2. The molecule has 144 valence electrons. The number of alkyl halides is 3. The molecule has 28 heavy (non-hydrogen) atoms. The molecule has 0 amide bonds. The first-order valence-electron chi connectivity index (χ1n) is 8.34. The summed E-state index contributed by atoms with van der Waals surface area (Å²) in [5, 5.41) is 9.14. The van der Waals surface area contributed by atoms with E-state index in [1.54, 1.807) is 6.92 Å². The van der Waals surface area contributed by atoms with Gasteiger partial charge in [-0.2, -0.15) is 13.2 Å². The molecule has 0 fully saturated rings. The molecule has 1 heterocycles. The van der Waals surface area contributed by atoms with E-state index in [1.807, 2.05) is 0 Å². The highest BCUT2D eigenvalue weighted by atomic mass is 19.4. The van der Waals surface area contributed by atoms with Gasteiger partial charge in [0.25, 0.3) is 5.56 Å². The van der Waals surface area contributed by atoms with Crippen molar-refractivity contribution in [1.29, 1.82) is 0 Å². The van der Waals surface area contributed by atoms with E-state index >= 15 is 0 Å². The number of aromatic carboxylic acids is 1. The zero-order valence-corrected chi connectivity index (χ0v) is 14.7. The Hall–Kier alpha value is -3.42. The molecule has 0 radical (unpaired) electrons. The summed E-state index contributed by atoms with van der Waals surface area (Å²) in [6, 6.07) is 9.18. The van der Waals surface area contributed by atoms with Crippen molar-refractivity contribution in [2.24, 2.45) is 0 Å². The van der Waals surface area contributed by atoms with Crippen molar-refractivity contribution in [2.75, 3.05) is 0 Å². The second-order valence-electron chi connectivity index (χ2n) is 5.97. The number of aryl methyl sites for hydroxylation is 1. The fraction of sp³-hybridized carbons (Fsp3) is 0.150. The topological polar surface area (TPSA) is 72.2 Å². The Morgan fingerprint density at radius 3 is 2.54 bits per heavy atom. The van der Waals surface area contributed by atoms with Crippen molar-refractivity contribution < 1.29 is 23.1 Å². The van der Waals surface area contributed by atoms with Crippen LogP contribution in [-0.2, 0) is 12.7 Å². The van der Waals surface area contributed by atoms with Crippen molar-refractivity contribution in [1.82, 2.24) is 9.55 Å². The molecular weight excluding hydrogens is 373 g/mol. The Balaban J connectivity index is 2.16. The van der Waals surface area contributed by atoms with E-state index in [9.17, 15) is 22.8 Å². The monoisotopic (exact) mass is 388 g/mol. The predicted molar refractivity (Wildman–Crippen MR) is 99.0 cm³/mol. The quantitative estimate of drug-likeness (QED) is 0.723. The van der Waals surface area contributed by atoms with Gasteiger partial charge in [0, 0.05) is 6.54 Å². The van der Waals surface area contributed by atoms with Crippen LogP contribution in [0.2, 0.25) is 0 Å². The predicted octanol–water partition coefficient (Wildman–Crippen LogP) is 4.30. The minimum atomic E-state index is -4.53. The normalized spacial score (nSPS) is 12.0. The van der Waals surface area contributed by atoms with Gasteiger partial charge in [-0.15, -0.1) is 0 Å². The Bertz CT molecular complexity index is 1150. The van der Waals surface area contributed by atoms with Gasteiger partial charge in [-0.3, -0.25) is 4.79 Å². The second-order valence-corrected chi connectivity index (χ2v) is 5.97. The first-order valence-corrected chi connectivity index (χ1v) is 8.34. The zero-order valence-electron chi connectivity index (χ0n) is 14.7. The molecule has 0 unspecified atom stereocenters. The molecule has 0 aliphatic carbocycles. The molecule has 3 aromatic rings. The molecule has 1 N–H and O–H groups in total. The number of aromatic nitrogens is 2. The number of halogens is 3. The van der Waals surface area contributed by atoms with Gasteiger partial charge in [0.1, 0.15) is 5.69 Å². The van der Waals surface area contributed by atoms with Crippen molar-refractivity contribution >= 4 is 29.2 Å². The molecule has 2 aromatic carbocycles. The maximum Gasteiger partial charge on any atom is 0.416 e.